The zero-order valence-electron chi connectivity index (χ0n) is 19.9. The van der Waals surface area contributed by atoms with Gasteiger partial charge < -0.3 is 15.4 Å². The summed E-state index contributed by atoms with van der Waals surface area (Å²) in [5.74, 6) is -0.971. The van der Waals surface area contributed by atoms with Crippen molar-refractivity contribution in [1.82, 2.24) is 9.78 Å². The number of nitrogens with zero attached hydrogens (tertiary/aromatic N) is 2. The molecule has 7 nitrogen and oxygen atoms in total. The SMILES string of the molecule is CCOC(=O)c1c(NC(=O)c2nn3c(c2Cl)N[C@H](c2cccs2)C[C@H]3C(F)(F)F)sc2c1CC[C@@H](C)C2. The Hall–Kier alpha value is -2.57. The van der Waals surface area contributed by atoms with Crippen LogP contribution in [-0.4, -0.2) is 34.4 Å². The van der Waals surface area contributed by atoms with Crippen LogP contribution < -0.4 is 10.6 Å². The molecule has 0 saturated carbocycles. The Labute approximate surface area is 224 Å². The van der Waals surface area contributed by atoms with E-state index in [1.807, 2.05) is 0 Å². The summed E-state index contributed by atoms with van der Waals surface area (Å²) in [5.41, 5.74) is 0.802. The first-order valence-corrected chi connectivity index (χ1v) is 13.9. The summed E-state index contributed by atoms with van der Waals surface area (Å²) in [6, 6.07) is 0.921. The fraction of sp³-hybridized carbons (Fsp3) is 0.458. The maximum absolute atomic E-state index is 14.0. The number of halogens is 4. The third kappa shape index (κ3) is 4.86. The van der Waals surface area contributed by atoms with E-state index < -0.39 is 30.1 Å². The number of esters is 1. The fourth-order valence-electron chi connectivity index (χ4n) is 4.83. The van der Waals surface area contributed by atoms with E-state index in [9.17, 15) is 22.8 Å². The molecular weight excluding hydrogens is 549 g/mol. The number of alkyl halides is 3. The molecule has 0 aromatic carbocycles. The van der Waals surface area contributed by atoms with Crippen LogP contribution in [0.4, 0.5) is 24.0 Å². The van der Waals surface area contributed by atoms with Gasteiger partial charge in [0.15, 0.2) is 11.7 Å². The number of hydrogen-bond donors (Lipinski definition) is 2. The molecule has 0 unspecified atom stereocenters. The Morgan fingerprint density at radius 2 is 2.16 bits per heavy atom. The van der Waals surface area contributed by atoms with Gasteiger partial charge in [-0.05, 0) is 49.1 Å². The molecule has 0 spiro atoms. The van der Waals surface area contributed by atoms with Crippen molar-refractivity contribution in [3.63, 3.8) is 0 Å². The highest BCUT2D eigenvalue weighted by Crippen LogP contribution is 2.47. The Bertz CT molecular complexity index is 1340. The van der Waals surface area contributed by atoms with Crippen LogP contribution in [0.15, 0.2) is 17.5 Å². The number of anilines is 2. The quantitative estimate of drug-likeness (QED) is 0.326. The first-order valence-electron chi connectivity index (χ1n) is 11.9. The van der Waals surface area contributed by atoms with E-state index >= 15 is 0 Å². The monoisotopic (exact) mass is 572 g/mol. The van der Waals surface area contributed by atoms with Gasteiger partial charge >= 0.3 is 12.1 Å². The van der Waals surface area contributed by atoms with Crippen LogP contribution in [0.3, 0.4) is 0 Å². The molecule has 3 aromatic heterocycles. The predicted octanol–water partition coefficient (Wildman–Crippen LogP) is 6.87. The van der Waals surface area contributed by atoms with Gasteiger partial charge in [-0.2, -0.15) is 18.3 Å². The molecule has 2 N–H and O–H groups in total. The van der Waals surface area contributed by atoms with Gasteiger partial charge in [0.05, 0.1) is 18.2 Å². The molecule has 0 bridgehead atoms. The van der Waals surface area contributed by atoms with Crippen LogP contribution in [-0.2, 0) is 17.6 Å². The molecule has 37 heavy (non-hydrogen) atoms. The van der Waals surface area contributed by atoms with E-state index in [1.54, 1.807) is 24.4 Å². The summed E-state index contributed by atoms with van der Waals surface area (Å²) in [5, 5.41) is 11.6. The van der Waals surface area contributed by atoms with Gasteiger partial charge in [0.25, 0.3) is 5.91 Å². The first kappa shape index (κ1) is 26.1. The van der Waals surface area contributed by atoms with Crippen LogP contribution in [0.1, 0.15) is 74.9 Å². The second-order valence-electron chi connectivity index (χ2n) is 9.19. The molecule has 13 heteroatoms. The zero-order valence-corrected chi connectivity index (χ0v) is 22.3. The minimum atomic E-state index is -4.60. The van der Waals surface area contributed by atoms with Gasteiger partial charge in [0.1, 0.15) is 15.8 Å². The minimum Gasteiger partial charge on any atom is -0.462 e. The maximum atomic E-state index is 14.0. The lowest BCUT2D eigenvalue weighted by molar-refractivity contribution is -0.173. The topological polar surface area (TPSA) is 85.2 Å². The molecule has 0 fully saturated rings. The van der Waals surface area contributed by atoms with E-state index in [0.717, 1.165) is 32.8 Å². The number of fused-ring (bicyclic) bond motifs is 2. The number of thiophene rings is 2. The van der Waals surface area contributed by atoms with Crippen molar-refractivity contribution in [3.8, 4) is 0 Å². The number of carbonyl (C=O) groups excluding carboxylic acids is 2. The summed E-state index contributed by atoms with van der Waals surface area (Å²) in [7, 11) is 0. The third-order valence-corrected chi connectivity index (χ3v) is 9.13. The minimum absolute atomic E-state index is 0.0660. The molecule has 198 valence electrons. The number of amides is 1. The molecule has 1 aliphatic heterocycles. The summed E-state index contributed by atoms with van der Waals surface area (Å²) in [4.78, 5) is 27.8. The first-order chi connectivity index (χ1) is 17.6. The normalized spacial score (nSPS) is 21.1. The van der Waals surface area contributed by atoms with Gasteiger partial charge in [0.2, 0.25) is 0 Å². The highest BCUT2D eigenvalue weighted by Gasteiger charge is 2.48. The molecule has 1 amide bonds. The average molecular weight is 573 g/mol. The maximum Gasteiger partial charge on any atom is 0.410 e. The van der Waals surface area contributed by atoms with Crippen molar-refractivity contribution in [1.29, 1.82) is 0 Å². The number of aromatic nitrogens is 2. The standard InChI is InChI=1S/C24H24ClF3N4O3S2/c1-3-35-23(34)17-12-7-6-11(2)9-15(12)37-22(17)30-21(33)19-18(25)20-29-13(14-5-4-8-36-14)10-16(24(26,27)28)32(20)31-19/h4-5,8,11,13,16,29H,3,6-7,9-10H2,1-2H3,(H,30,33)/t11-,13+,16+/m1/s1. The Balaban J connectivity index is 1.50. The van der Waals surface area contributed by atoms with Gasteiger partial charge in [-0.15, -0.1) is 22.7 Å². The molecule has 0 radical (unpaired) electrons. The molecule has 0 saturated heterocycles. The highest BCUT2D eigenvalue weighted by atomic mass is 35.5. The summed E-state index contributed by atoms with van der Waals surface area (Å²) < 4.78 is 48.0. The van der Waals surface area contributed by atoms with Crippen LogP contribution in [0.2, 0.25) is 5.02 Å². The van der Waals surface area contributed by atoms with Crippen LogP contribution in [0.25, 0.3) is 0 Å². The highest BCUT2D eigenvalue weighted by molar-refractivity contribution is 7.17. The van der Waals surface area contributed by atoms with E-state index in [1.165, 1.54) is 22.7 Å². The predicted molar refractivity (Wildman–Crippen MR) is 137 cm³/mol. The Morgan fingerprint density at radius 1 is 1.38 bits per heavy atom. The van der Waals surface area contributed by atoms with Crippen LogP contribution in [0, 0.1) is 5.92 Å². The van der Waals surface area contributed by atoms with Gasteiger partial charge in [-0.1, -0.05) is 24.6 Å². The van der Waals surface area contributed by atoms with E-state index in [2.05, 4.69) is 22.7 Å². The molecule has 4 heterocycles. The van der Waals surface area contributed by atoms with Gasteiger partial charge in [0, 0.05) is 16.2 Å². The zero-order chi connectivity index (χ0) is 26.5. The summed E-state index contributed by atoms with van der Waals surface area (Å²) in [6.07, 6.45) is -2.55. The Kier molecular flexibility index (Phi) is 7.01. The van der Waals surface area contributed by atoms with Crippen molar-refractivity contribution in [2.45, 2.75) is 57.8 Å². The lowest BCUT2D eigenvalue weighted by Gasteiger charge is -2.32. The molecular formula is C24H24ClF3N4O3S2. The molecule has 3 aromatic rings. The van der Waals surface area contributed by atoms with E-state index in [-0.39, 0.29) is 29.6 Å². The Morgan fingerprint density at radius 3 is 2.84 bits per heavy atom. The smallest absolute Gasteiger partial charge is 0.410 e. The molecule has 3 atom stereocenters. The van der Waals surface area contributed by atoms with E-state index in [0.29, 0.717) is 22.9 Å². The lowest BCUT2D eigenvalue weighted by atomic mass is 9.88. The van der Waals surface area contributed by atoms with Gasteiger partial charge in [-0.25, -0.2) is 9.48 Å². The third-order valence-electron chi connectivity index (χ3n) is 6.62. The average Bonchev–Trinajstić information content (AvgIpc) is 3.55. The second kappa shape index (κ2) is 9.95. The summed E-state index contributed by atoms with van der Waals surface area (Å²) >= 11 is 9.08. The van der Waals surface area contributed by atoms with Crippen molar-refractivity contribution in [2.75, 3.05) is 17.2 Å². The van der Waals surface area contributed by atoms with Crippen molar-refractivity contribution in [3.05, 3.63) is 49.1 Å². The fourth-order valence-corrected chi connectivity index (χ4v) is 7.28. The van der Waals surface area contributed by atoms with Crippen LogP contribution in [0.5, 0.6) is 0 Å². The van der Waals surface area contributed by atoms with Crippen molar-refractivity contribution in [2.24, 2.45) is 5.92 Å². The second-order valence-corrected chi connectivity index (χ2v) is 11.7. The van der Waals surface area contributed by atoms with Gasteiger partial charge in [-0.3, -0.25) is 4.79 Å². The number of hydrogen-bond acceptors (Lipinski definition) is 7. The number of ether oxygens (including phenoxy) is 1. The molecule has 5 rings (SSSR count). The van der Waals surface area contributed by atoms with Crippen LogP contribution >= 0.6 is 34.3 Å². The molecule has 1 aliphatic carbocycles. The summed E-state index contributed by atoms with van der Waals surface area (Å²) in [6.45, 7) is 3.98. The molecule has 2 aliphatic rings. The van der Waals surface area contributed by atoms with Crippen molar-refractivity contribution < 1.29 is 27.5 Å². The number of nitrogens with one attached hydrogen (secondary N) is 2. The largest absolute Gasteiger partial charge is 0.462 e. The van der Waals surface area contributed by atoms with E-state index in [4.69, 9.17) is 16.3 Å². The van der Waals surface area contributed by atoms with Crippen molar-refractivity contribution >= 4 is 57.0 Å². The lowest BCUT2D eigenvalue weighted by Crippen LogP contribution is -2.35. The number of carbonyl (C=O) groups is 2. The number of rotatable bonds is 5.